The molecule has 1 aromatic carbocycles. The van der Waals surface area contributed by atoms with Gasteiger partial charge < -0.3 is 25.6 Å². The molecule has 1 aromatic rings. The zero-order valence-corrected chi connectivity index (χ0v) is 11.7. The molecule has 3 rings (SSSR count). The highest BCUT2D eigenvalue weighted by Crippen LogP contribution is 2.37. The third-order valence-corrected chi connectivity index (χ3v) is 3.82. The highest BCUT2D eigenvalue weighted by Gasteiger charge is 2.21. The number of carbonyl (C=O) groups is 1. The van der Waals surface area contributed by atoms with Crippen molar-refractivity contribution < 1.29 is 9.53 Å². The number of nitrogen functional groups attached to an aromatic ring is 1. The number of carbonyl (C=O) groups excluding carboxylic acids is 1. The minimum absolute atomic E-state index is 0.0558. The molecule has 3 N–H and O–H groups in total. The third-order valence-electron chi connectivity index (χ3n) is 3.82. The smallest absolute Gasteiger partial charge is 0.262 e. The lowest BCUT2D eigenvalue weighted by molar-refractivity contribution is -0.118. The molecule has 1 saturated heterocycles. The Morgan fingerprint density at radius 2 is 2.10 bits per heavy atom. The summed E-state index contributed by atoms with van der Waals surface area (Å²) in [6.07, 6.45) is 1.11. The molecule has 2 aliphatic rings. The Labute approximate surface area is 118 Å². The molecule has 6 nitrogen and oxygen atoms in total. The van der Waals surface area contributed by atoms with E-state index in [-0.39, 0.29) is 12.5 Å². The van der Waals surface area contributed by atoms with Gasteiger partial charge in [-0.1, -0.05) is 0 Å². The van der Waals surface area contributed by atoms with Crippen LogP contribution in [-0.4, -0.2) is 50.6 Å². The number of fused-ring (bicyclic) bond motifs is 1. The lowest BCUT2D eigenvalue weighted by Crippen LogP contribution is -2.30. The van der Waals surface area contributed by atoms with Crippen LogP contribution in [0.5, 0.6) is 5.75 Å². The predicted molar refractivity (Wildman–Crippen MR) is 79.3 cm³/mol. The van der Waals surface area contributed by atoms with Crippen LogP contribution in [0.25, 0.3) is 0 Å². The van der Waals surface area contributed by atoms with Gasteiger partial charge in [0.15, 0.2) is 6.61 Å². The van der Waals surface area contributed by atoms with Gasteiger partial charge in [-0.2, -0.15) is 0 Å². The van der Waals surface area contributed by atoms with Crippen molar-refractivity contribution in [3.05, 3.63) is 12.1 Å². The molecule has 0 radical (unpaired) electrons. The number of amides is 1. The van der Waals surface area contributed by atoms with Crippen molar-refractivity contribution in [3.63, 3.8) is 0 Å². The van der Waals surface area contributed by atoms with E-state index in [0.29, 0.717) is 17.1 Å². The van der Waals surface area contributed by atoms with Crippen molar-refractivity contribution in [3.8, 4) is 5.75 Å². The summed E-state index contributed by atoms with van der Waals surface area (Å²) in [4.78, 5) is 16.0. The van der Waals surface area contributed by atoms with E-state index >= 15 is 0 Å². The Bertz CT molecular complexity index is 532. The number of hydrogen-bond donors (Lipinski definition) is 2. The first-order valence-electron chi connectivity index (χ1n) is 6.93. The summed E-state index contributed by atoms with van der Waals surface area (Å²) < 4.78 is 5.38. The van der Waals surface area contributed by atoms with Crippen LogP contribution in [0.4, 0.5) is 17.1 Å². The van der Waals surface area contributed by atoms with Crippen LogP contribution in [0.1, 0.15) is 6.42 Å². The largest absolute Gasteiger partial charge is 0.482 e. The Balaban J connectivity index is 1.89. The van der Waals surface area contributed by atoms with Crippen molar-refractivity contribution >= 4 is 23.0 Å². The van der Waals surface area contributed by atoms with Crippen molar-refractivity contribution in [2.45, 2.75) is 6.42 Å². The van der Waals surface area contributed by atoms with Gasteiger partial charge in [0.1, 0.15) is 5.75 Å². The van der Waals surface area contributed by atoms with E-state index in [0.717, 1.165) is 38.3 Å². The second-order valence-corrected chi connectivity index (χ2v) is 5.39. The molecule has 108 valence electrons. The van der Waals surface area contributed by atoms with Gasteiger partial charge in [0, 0.05) is 25.7 Å². The molecule has 0 bridgehead atoms. The normalized spacial score (nSPS) is 19.9. The van der Waals surface area contributed by atoms with E-state index in [9.17, 15) is 4.79 Å². The summed E-state index contributed by atoms with van der Waals surface area (Å²) in [5, 5.41) is 2.83. The molecule has 0 spiro atoms. The maximum absolute atomic E-state index is 11.4. The van der Waals surface area contributed by atoms with Crippen LogP contribution < -0.4 is 20.7 Å². The number of rotatable bonds is 1. The minimum Gasteiger partial charge on any atom is -0.482 e. The molecule has 0 saturated carbocycles. The first-order valence-corrected chi connectivity index (χ1v) is 6.93. The van der Waals surface area contributed by atoms with Gasteiger partial charge in [-0.05, 0) is 26.1 Å². The SMILES string of the molecule is CN1CCCN(c2cc3c(cc2N)OCC(=O)N3)CC1. The van der Waals surface area contributed by atoms with Gasteiger partial charge in [0.2, 0.25) is 0 Å². The van der Waals surface area contributed by atoms with Crippen LogP contribution in [0.3, 0.4) is 0 Å². The highest BCUT2D eigenvalue weighted by atomic mass is 16.5. The average molecular weight is 276 g/mol. The average Bonchev–Trinajstić information content (AvgIpc) is 2.63. The molecule has 20 heavy (non-hydrogen) atoms. The zero-order chi connectivity index (χ0) is 14.1. The fraction of sp³-hybridized carbons (Fsp3) is 0.500. The highest BCUT2D eigenvalue weighted by molar-refractivity contribution is 5.97. The summed E-state index contributed by atoms with van der Waals surface area (Å²) in [6, 6.07) is 3.73. The number of nitrogens with one attached hydrogen (secondary N) is 1. The lowest BCUT2D eigenvalue weighted by atomic mass is 10.1. The van der Waals surface area contributed by atoms with Gasteiger partial charge in [-0.15, -0.1) is 0 Å². The topological polar surface area (TPSA) is 70.8 Å². The van der Waals surface area contributed by atoms with Crippen molar-refractivity contribution in [1.29, 1.82) is 0 Å². The maximum atomic E-state index is 11.4. The summed E-state index contributed by atoms with van der Waals surface area (Å²) in [7, 11) is 2.13. The molecule has 2 aliphatic heterocycles. The molecule has 0 unspecified atom stereocenters. The third kappa shape index (κ3) is 2.51. The summed E-state index contributed by atoms with van der Waals surface area (Å²) in [6.45, 7) is 4.08. The van der Waals surface area contributed by atoms with Gasteiger partial charge in [-0.25, -0.2) is 0 Å². The summed E-state index contributed by atoms with van der Waals surface area (Å²) in [5.74, 6) is 0.529. The Kier molecular flexibility index (Phi) is 3.40. The molecular formula is C14H20N4O2. The summed E-state index contributed by atoms with van der Waals surface area (Å²) >= 11 is 0. The van der Waals surface area contributed by atoms with E-state index in [1.54, 1.807) is 6.07 Å². The van der Waals surface area contributed by atoms with Crippen LogP contribution in [0.2, 0.25) is 0 Å². The molecule has 0 aliphatic carbocycles. The van der Waals surface area contributed by atoms with Crippen LogP contribution in [-0.2, 0) is 4.79 Å². The number of benzene rings is 1. The Morgan fingerprint density at radius 3 is 2.95 bits per heavy atom. The molecule has 2 heterocycles. The molecule has 6 heteroatoms. The molecule has 0 atom stereocenters. The lowest BCUT2D eigenvalue weighted by Gasteiger charge is -2.27. The predicted octanol–water partition coefficient (Wildman–Crippen LogP) is 0.742. The number of nitrogens with zero attached hydrogens (tertiary/aromatic N) is 2. The second-order valence-electron chi connectivity index (χ2n) is 5.39. The van der Waals surface area contributed by atoms with Gasteiger partial charge >= 0.3 is 0 Å². The van der Waals surface area contributed by atoms with Crippen LogP contribution >= 0.6 is 0 Å². The first-order chi connectivity index (χ1) is 9.63. The Hall–Kier alpha value is -1.95. The molecule has 0 aromatic heterocycles. The molecular weight excluding hydrogens is 256 g/mol. The molecule has 1 amide bonds. The van der Waals surface area contributed by atoms with E-state index < -0.39 is 0 Å². The number of likely N-dealkylation sites (N-methyl/N-ethyl adjacent to an activating group) is 1. The molecule has 1 fully saturated rings. The number of ether oxygens (including phenoxy) is 1. The number of nitrogens with two attached hydrogens (primary N) is 1. The monoisotopic (exact) mass is 276 g/mol. The number of anilines is 3. The van der Waals surface area contributed by atoms with Crippen molar-refractivity contribution in [1.82, 2.24) is 4.90 Å². The fourth-order valence-corrected chi connectivity index (χ4v) is 2.69. The van der Waals surface area contributed by atoms with Gasteiger partial charge in [-0.3, -0.25) is 4.79 Å². The first kappa shape index (κ1) is 13.1. The van der Waals surface area contributed by atoms with Gasteiger partial charge in [0.25, 0.3) is 5.91 Å². The van der Waals surface area contributed by atoms with Gasteiger partial charge in [0.05, 0.1) is 17.1 Å². The number of hydrogen-bond acceptors (Lipinski definition) is 5. The van der Waals surface area contributed by atoms with Crippen LogP contribution in [0.15, 0.2) is 12.1 Å². The van der Waals surface area contributed by atoms with Crippen molar-refractivity contribution in [2.24, 2.45) is 0 Å². The minimum atomic E-state index is -0.121. The van der Waals surface area contributed by atoms with E-state index in [4.69, 9.17) is 10.5 Å². The van der Waals surface area contributed by atoms with E-state index in [1.165, 1.54) is 0 Å². The Morgan fingerprint density at radius 1 is 1.25 bits per heavy atom. The maximum Gasteiger partial charge on any atom is 0.262 e. The quantitative estimate of drug-likeness (QED) is 0.740. The van der Waals surface area contributed by atoms with E-state index in [2.05, 4.69) is 22.2 Å². The standard InChI is InChI=1S/C14H20N4O2/c1-17-3-2-4-18(6-5-17)12-8-11-13(7-10(12)15)20-9-14(19)16-11/h7-8H,2-6,9,15H2,1H3,(H,16,19). The van der Waals surface area contributed by atoms with Crippen LogP contribution in [0, 0.1) is 0 Å². The fourth-order valence-electron chi connectivity index (χ4n) is 2.69. The van der Waals surface area contributed by atoms with Crippen molar-refractivity contribution in [2.75, 3.05) is 55.8 Å². The summed E-state index contributed by atoms with van der Waals surface area (Å²) in [5.41, 5.74) is 8.53. The van der Waals surface area contributed by atoms with E-state index in [1.807, 2.05) is 6.07 Å². The second kappa shape index (κ2) is 5.20. The zero-order valence-electron chi connectivity index (χ0n) is 11.7.